The molecule has 0 aliphatic rings. The van der Waals surface area contributed by atoms with Crippen LogP contribution in [-0.4, -0.2) is 26.1 Å². The average Bonchev–Trinajstić information content (AvgIpc) is 2.41. The highest BCUT2D eigenvalue weighted by atomic mass is 35.5. The zero-order chi connectivity index (χ0) is 13.7. The van der Waals surface area contributed by atoms with Crippen LogP contribution < -0.4 is 11.0 Å². The topological polar surface area (TPSA) is 72.7 Å². The van der Waals surface area contributed by atoms with Gasteiger partial charge in [-0.15, -0.1) is 0 Å². The quantitative estimate of drug-likeness (QED) is 0.899. The van der Waals surface area contributed by atoms with Crippen LogP contribution in [0.2, 0.25) is 5.02 Å². The summed E-state index contributed by atoms with van der Waals surface area (Å²) in [7, 11) is 0. The summed E-state index contributed by atoms with van der Waals surface area (Å²) in [6.07, 6.45) is 4.01. The molecule has 6 nitrogen and oxygen atoms in total. The maximum absolute atomic E-state index is 11.8. The Balaban J connectivity index is 2.18. The first kappa shape index (κ1) is 13.5. The van der Waals surface area contributed by atoms with Gasteiger partial charge in [-0.3, -0.25) is 9.55 Å². The molecule has 0 amide bonds. The number of nitrogens with zero attached hydrogens (tertiary/aromatic N) is 4. The molecule has 0 spiro atoms. The van der Waals surface area contributed by atoms with Crippen LogP contribution in [0.25, 0.3) is 0 Å². The second-order valence-corrected chi connectivity index (χ2v) is 4.36. The highest BCUT2D eigenvalue weighted by molar-refractivity contribution is 6.31. The van der Waals surface area contributed by atoms with Crippen molar-refractivity contribution in [1.29, 1.82) is 0 Å². The molecule has 2 rings (SSSR count). The monoisotopic (exact) mass is 279 g/mol. The van der Waals surface area contributed by atoms with Crippen molar-refractivity contribution in [3.05, 3.63) is 45.9 Å². The molecule has 2 heterocycles. The van der Waals surface area contributed by atoms with Crippen molar-refractivity contribution >= 4 is 17.5 Å². The summed E-state index contributed by atoms with van der Waals surface area (Å²) < 4.78 is 1.37. The fraction of sp³-hybridized carbons (Fsp3) is 0.333. The third-order valence-electron chi connectivity index (χ3n) is 2.45. The number of halogens is 1. The van der Waals surface area contributed by atoms with E-state index in [0.29, 0.717) is 16.7 Å². The summed E-state index contributed by atoms with van der Waals surface area (Å²) in [5.41, 5.74) is 0.236. The molecule has 0 aromatic carbocycles. The molecule has 2 aromatic heterocycles. The van der Waals surface area contributed by atoms with Gasteiger partial charge in [-0.05, 0) is 18.6 Å². The smallest absolute Gasteiger partial charge is 0.352 e. The van der Waals surface area contributed by atoms with E-state index < -0.39 is 0 Å². The van der Waals surface area contributed by atoms with Gasteiger partial charge in [0.25, 0.3) is 0 Å². The van der Waals surface area contributed by atoms with Crippen molar-refractivity contribution in [3.63, 3.8) is 0 Å². The normalized spacial score (nSPS) is 10.4. The highest BCUT2D eigenvalue weighted by Gasteiger charge is 2.05. The Morgan fingerprint density at radius 1 is 1.42 bits per heavy atom. The summed E-state index contributed by atoms with van der Waals surface area (Å²) >= 11 is 6.00. The molecule has 0 unspecified atom stereocenters. The minimum Gasteiger partial charge on any atom is -0.354 e. The molecule has 0 aliphatic heterocycles. The van der Waals surface area contributed by atoms with Crippen LogP contribution in [-0.2, 0) is 6.54 Å². The number of aromatic nitrogens is 4. The van der Waals surface area contributed by atoms with E-state index in [1.54, 1.807) is 18.3 Å². The molecule has 7 heteroatoms. The Kier molecular flexibility index (Phi) is 4.46. The van der Waals surface area contributed by atoms with E-state index in [1.807, 2.05) is 6.92 Å². The van der Waals surface area contributed by atoms with E-state index in [0.717, 1.165) is 13.0 Å². The molecular weight excluding hydrogens is 266 g/mol. The average molecular weight is 280 g/mol. The van der Waals surface area contributed by atoms with Crippen molar-refractivity contribution in [3.8, 4) is 0 Å². The first-order chi connectivity index (χ1) is 9.20. The van der Waals surface area contributed by atoms with Crippen LogP contribution in [0, 0.1) is 0 Å². The van der Waals surface area contributed by atoms with Gasteiger partial charge in [-0.25, -0.2) is 9.78 Å². The van der Waals surface area contributed by atoms with Crippen LogP contribution in [0.5, 0.6) is 0 Å². The Hall–Kier alpha value is -1.95. The molecule has 0 fully saturated rings. The standard InChI is InChI=1S/C12H14ClN5O/c1-2-5-15-11-16-8-18(12(19)17-11)7-10-9(13)4-3-6-14-10/h3-4,6,8H,2,5,7H2,1H3,(H,15,17,19). The minimum atomic E-state index is -0.379. The SMILES string of the molecule is CCCNc1ncn(Cc2ncccc2Cl)c(=O)n1. The van der Waals surface area contributed by atoms with Gasteiger partial charge < -0.3 is 5.32 Å². The number of anilines is 1. The lowest BCUT2D eigenvalue weighted by molar-refractivity contribution is 0.687. The van der Waals surface area contributed by atoms with Gasteiger partial charge in [0.05, 0.1) is 17.3 Å². The zero-order valence-corrected chi connectivity index (χ0v) is 11.3. The molecular formula is C12H14ClN5O. The lowest BCUT2D eigenvalue weighted by Crippen LogP contribution is -2.25. The number of hydrogen-bond donors (Lipinski definition) is 1. The Morgan fingerprint density at radius 3 is 2.95 bits per heavy atom. The second-order valence-electron chi connectivity index (χ2n) is 3.95. The predicted octanol–water partition coefficient (Wildman–Crippen LogP) is 1.56. The third-order valence-corrected chi connectivity index (χ3v) is 2.80. The number of hydrogen-bond acceptors (Lipinski definition) is 5. The molecule has 1 N–H and O–H groups in total. The highest BCUT2D eigenvalue weighted by Crippen LogP contribution is 2.12. The van der Waals surface area contributed by atoms with Crippen molar-refractivity contribution in [2.24, 2.45) is 0 Å². The van der Waals surface area contributed by atoms with Gasteiger partial charge in [0.15, 0.2) is 0 Å². The van der Waals surface area contributed by atoms with E-state index in [9.17, 15) is 4.79 Å². The Morgan fingerprint density at radius 2 is 2.26 bits per heavy atom. The fourth-order valence-electron chi connectivity index (χ4n) is 1.48. The van der Waals surface area contributed by atoms with Crippen molar-refractivity contribution in [1.82, 2.24) is 19.5 Å². The van der Waals surface area contributed by atoms with Gasteiger partial charge in [0.2, 0.25) is 5.95 Å². The second kappa shape index (κ2) is 6.29. The molecule has 2 aromatic rings. The van der Waals surface area contributed by atoms with Gasteiger partial charge in [-0.1, -0.05) is 18.5 Å². The molecule has 0 bridgehead atoms. The fourth-order valence-corrected chi connectivity index (χ4v) is 1.67. The van der Waals surface area contributed by atoms with Crippen molar-refractivity contribution < 1.29 is 0 Å². The number of nitrogens with one attached hydrogen (secondary N) is 1. The van der Waals surface area contributed by atoms with Gasteiger partial charge >= 0.3 is 5.69 Å². The van der Waals surface area contributed by atoms with Crippen LogP contribution in [0.15, 0.2) is 29.5 Å². The molecule has 19 heavy (non-hydrogen) atoms. The summed E-state index contributed by atoms with van der Waals surface area (Å²) in [5, 5.41) is 3.48. The molecule has 100 valence electrons. The van der Waals surface area contributed by atoms with E-state index >= 15 is 0 Å². The largest absolute Gasteiger partial charge is 0.354 e. The van der Waals surface area contributed by atoms with E-state index in [2.05, 4.69) is 20.3 Å². The van der Waals surface area contributed by atoms with E-state index in [4.69, 9.17) is 11.6 Å². The minimum absolute atomic E-state index is 0.257. The van der Waals surface area contributed by atoms with E-state index in [-0.39, 0.29) is 12.2 Å². The number of rotatable bonds is 5. The summed E-state index contributed by atoms with van der Waals surface area (Å²) in [5.74, 6) is 0.343. The van der Waals surface area contributed by atoms with Gasteiger partial charge in [0, 0.05) is 12.7 Å². The Bertz CT molecular complexity index is 613. The van der Waals surface area contributed by atoms with Crippen molar-refractivity contribution in [2.75, 3.05) is 11.9 Å². The molecule has 0 aliphatic carbocycles. The van der Waals surface area contributed by atoms with Crippen molar-refractivity contribution in [2.45, 2.75) is 19.9 Å². The number of pyridine rings is 1. The van der Waals surface area contributed by atoms with Gasteiger partial charge in [0.1, 0.15) is 6.33 Å². The van der Waals surface area contributed by atoms with E-state index in [1.165, 1.54) is 10.9 Å². The maximum Gasteiger partial charge on any atom is 0.352 e. The third kappa shape index (κ3) is 3.51. The lowest BCUT2D eigenvalue weighted by atomic mass is 10.3. The molecule has 0 saturated carbocycles. The predicted molar refractivity (Wildman–Crippen MR) is 73.4 cm³/mol. The molecule has 0 atom stereocenters. The first-order valence-electron chi connectivity index (χ1n) is 5.97. The van der Waals surface area contributed by atoms with Gasteiger partial charge in [-0.2, -0.15) is 4.98 Å². The lowest BCUT2D eigenvalue weighted by Gasteiger charge is -2.07. The maximum atomic E-state index is 11.8. The molecule has 0 saturated heterocycles. The summed E-state index contributed by atoms with van der Waals surface area (Å²) in [6.45, 7) is 3.01. The van der Waals surface area contributed by atoms with Crippen LogP contribution in [0.4, 0.5) is 5.95 Å². The first-order valence-corrected chi connectivity index (χ1v) is 6.35. The zero-order valence-electron chi connectivity index (χ0n) is 10.5. The van der Waals surface area contributed by atoms with Crippen LogP contribution >= 0.6 is 11.6 Å². The summed E-state index contributed by atoms with van der Waals surface area (Å²) in [6, 6.07) is 3.47. The summed E-state index contributed by atoms with van der Waals surface area (Å²) in [4.78, 5) is 23.9. The molecule has 0 radical (unpaired) electrons. The van der Waals surface area contributed by atoms with Crippen LogP contribution in [0.1, 0.15) is 19.0 Å². The van der Waals surface area contributed by atoms with Crippen LogP contribution in [0.3, 0.4) is 0 Å². The Labute approximate surface area is 115 Å².